The van der Waals surface area contributed by atoms with E-state index in [1.54, 1.807) is 0 Å². The molecule has 0 spiro atoms. The number of rotatable bonds is 6. The minimum absolute atomic E-state index is 0.0277. The smallest absolute Gasteiger partial charge is 0.260 e. The molecule has 0 saturated carbocycles. The van der Waals surface area contributed by atoms with Gasteiger partial charge in [-0.25, -0.2) is 0 Å². The Morgan fingerprint density at radius 3 is 2.55 bits per heavy atom. The van der Waals surface area contributed by atoms with Gasteiger partial charge in [0.2, 0.25) is 0 Å². The van der Waals surface area contributed by atoms with Gasteiger partial charge in [-0.3, -0.25) is 9.69 Å². The Kier molecular flexibility index (Phi) is 6.21. The molecular formula is C17H26N2O3. The third-order valence-corrected chi connectivity index (χ3v) is 4.31. The van der Waals surface area contributed by atoms with Crippen molar-refractivity contribution in [2.24, 2.45) is 0 Å². The summed E-state index contributed by atoms with van der Waals surface area (Å²) in [4.78, 5) is 16.3. The quantitative estimate of drug-likeness (QED) is 0.860. The average molecular weight is 306 g/mol. The highest BCUT2D eigenvalue weighted by molar-refractivity contribution is 5.78. The third-order valence-electron chi connectivity index (χ3n) is 4.31. The molecule has 122 valence electrons. The minimum Gasteiger partial charge on any atom is -0.484 e. The number of carbonyl (C=O) groups is 1. The number of hydrogen-bond acceptors (Lipinski definition) is 4. The highest BCUT2D eigenvalue weighted by Gasteiger charge is 2.25. The summed E-state index contributed by atoms with van der Waals surface area (Å²) in [5, 5.41) is 9.35. The van der Waals surface area contributed by atoms with Crippen LogP contribution in [0.4, 0.5) is 0 Å². The molecule has 1 N–H and O–H groups in total. The summed E-state index contributed by atoms with van der Waals surface area (Å²) in [5.74, 6) is 0.792. The zero-order chi connectivity index (χ0) is 15.9. The van der Waals surface area contributed by atoms with E-state index in [0.717, 1.165) is 30.8 Å². The van der Waals surface area contributed by atoms with Crippen LogP contribution < -0.4 is 4.74 Å². The average Bonchev–Trinajstić information content (AvgIpc) is 2.55. The minimum atomic E-state index is 0.0277. The van der Waals surface area contributed by atoms with E-state index < -0.39 is 0 Å². The topological polar surface area (TPSA) is 53.0 Å². The second-order valence-corrected chi connectivity index (χ2v) is 5.72. The second-order valence-electron chi connectivity index (χ2n) is 5.72. The highest BCUT2D eigenvalue weighted by Crippen LogP contribution is 2.16. The van der Waals surface area contributed by atoms with Crippen LogP contribution in [0.25, 0.3) is 0 Å². The van der Waals surface area contributed by atoms with Crippen LogP contribution in [-0.4, -0.2) is 66.2 Å². The van der Waals surface area contributed by atoms with Crippen LogP contribution in [0.3, 0.4) is 0 Å². The van der Waals surface area contributed by atoms with E-state index in [4.69, 9.17) is 4.74 Å². The lowest BCUT2D eigenvalue weighted by molar-refractivity contribution is -0.135. The summed E-state index contributed by atoms with van der Waals surface area (Å²) in [6.45, 7) is 7.35. The first-order chi connectivity index (χ1) is 10.7. The van der Waals surface area contributed by atoms with E-state index in [2.05, 4.69) is 11.8 Å². The van der Waals surface area contributed by atoms with Gasteiger partial charge in [0, 0.05) is 32.2 Å². The first kappa shape index (κ1) is 16.8. The standard InChI is InChI=1S/C17H26N2O3/c1-3-15(12-20)18-8-10-19(11-9-18)17(21)13-22-16-7-5-4-6-14(16)2/h4-7,15,20H,3,8-13H2,1-2H3. The third kappa shape index (κ3) is 4.21. The molecule has 2 rings (SSSR count). The molecule has 22 heavy (non-hydrogen) atoms. The maximum atomic E-state index is 12.2. The van der Waals surface area contributed by atoms with Crippen molar-refractivity contribution in [1.82, 2.24) is 9.80 Å². The Labute approximate surface area is 132 Å². The lowest BCUT2D eigenvalue weighted by Gasteiger charge is -2.38. The fourth-order valence-electron chi connectivity index (χ4n) is 2.79. The normalized spacial score (nSPS) is 17.3. The van der Waals surface area contributed by atoms with Crippen molar-refractivity contribution >= 4 is 5.91 Å². The Bertz CT molecular complexity index is 481. The van der Waals surface area contributed by atoms with Gasteiger partial charge in [0.1, 0.15) is 5.75 Å². The molecule has 0 radical (unpaired) electrons. The van der Waals surface area contributed by atoms with E-state index >= 15 is 0 Å². The Morgan fingerprint density at radius 2 is 1.95 bits per heavy atom. The number of aryl methyl sites for hydroxylation is 1. The molecule has 1 aliphatic heterocycles. The molecule has 1 aliphatic rings. The fraction of sp³-hybridized carbons (Fsp3) is 0.588. The summed E-state index contributed by atoms with van der Waals surface area (Å²) in [6, 6.07) is 7.92. The molecule has 0 aliphatic carbocycles. The van der Waals surface area contributed by atoms with E-state index in [0.29, 0.717) is 13.1 Å². The van der Waals surface area contributed by atoms with Gasteiger partial charge < -0.3 is 14.7 Å². The first-order valence-electron chi connectivity index (χ1n) is 7.96. The molecule has 5 nitrogen and oxygen atoms in total. The molecule has 1 saturated heterocycles. The predicted molar refractivity (Wildman–Crippen MR) is 86.0 cm³/mol. The number of ether oxygens (including phenoxy) is 1. The molecule has 1 fully saturated rings. The van der Waals surface area contributed by atoms with Gasteiger partial charge in [-0.1, -0.05) is 25.1 Å². The number of amides is 1. The van der Waals surface area contributed by atoms with Gasteiger partial charge in [0.15, 0.2) is 6.61 Å². The van der Waals surface area contributed by atoms with Crippen molar-refractivity contribution in [2.75, 3.05) is 39.4 Å². The summed E-state index contributed by atoms with van der Waals surface area (Å²) in [6.07, 6.45) is 0.931. The zero-order valence-corrected chi connectivity index (χ0v) is 13.5. The summed E-state index contributed by atoms with van der Waals surface area (Å²) in [5.41, 5.74) is 1.04. The number of carbonyl (C=O) groups excluding carboxylic acids is 1. The van der Waals surface area contributed by atoms with Gasteiger partial charge in [0.05, 0.1) is 6.61 Å². The monoisotopic (exact) mass is 306 g/mol. The summed E-state index contributed by atoms with van der Waals surface area (Å²) < 4.78 is 5.62. The van der Waals surface area contributed by atoms with Gasteiger partial charge in [-0.15, -0.1) is 0 Å². The van der Waals surface area contributed by atoms with Crippen LogP contribution >= 0.6 is 0 Å². The molecule has 1 aromatic carbocycles. The second kappa shape index (κ2) is 8.15. The van der Waals surface area contributed by atoms with Gasteiger partial charge >= 0.3 is 0 Å². The molecule has 5 heteroatoms. The molecule has 1 amide bonds. The summed E-state index contributed by atoms with van der Waals surface area (Å²) >= 11 is 0. The van der Waals surface area contributed by atoms with Crippen LogP contribution in [0, 0.1) is 6.92 Å². The van der Waals surface area contributed by atoms with E-state index in [1.807, 2.05) is 36.1 Å². The zero-order valence-electron chi connectivity index (χ0n) is 13.5. The first-order valence-corrected chi connectivity index (χ1v) is 7.96. The number of piperazine rings is 1. The molecular weight excluding hydrogens is 280 g/mol. The van der Waals surface area contributed by atoms with Crippen molar-refractivity contribution in [3.63, 3.8) is 0 Å². The maximum absolute atomic E-state index is 12.2. The highest BCUT2D eigenvalue weighted by atomic mass is 16.5. The van der Waals surface area contributed by atoms with Crippen LogP contribution in [0.1, 0.15) is 18.9 Å². The van der Waals surface area contributed by atoms with Crippen LogP contribution in [0.2, 0.25) is 0 Å². The maximum Gasteiger partial charge on any atom is 0.260 e. The van der Waals surface area contributed by atoms with E-state index in [-0.39, 0.29) is 25.2 Å². The number of benzene rings is 1. The SMILES string of the molecule is CCC(CO)N1CCN(C(=O)COc2ccccc2C)CC1. The van der Waals surface area contributed by atoms with Gasteiger partial charge in [-0.2, -0.15) is 0 Å². The molecule has 0 aromatic heterocycles. The number of para-hydroxylation sites is 1. The molecule has 1 atom stereocenters. The molecule has 0 bridgehead atoms. The van der Waals surface area contributed by atoms with E-state index in [9.17, 15) is 9.90 Å². The van der Waals surface area contributed by atoms with Crippen molar-refractivity contribution < 1.29 is 14.6 Å². The molecule has 1 aromatic rings. The Hall–Kier alpha value is -1.59. The van der Waals surface area contributed by atoms with Gasteiger partial charge in [-0.05, 0) is 25.0 Å². The predicted octanol–water partition coefficient (Wildman–Crippen LogP) is 1.29. The lowest BCUT2D eigenvalue weighted by Crippen LogP contribution is -2.53. The van der Waals surface area contributed by atoms with Crippen molar-refractivity contribution in [1.29, 1.82) is 0 Å². The van der Waals surface area contributed by atoms with Crippen molar-refractivity contribution in [2.45, 2.75) is 26.3 Å². The van der Waals surface area contributed by atoms with Crippen LogP contribution in [0.15, 0.2) is 24.3 Å². The molecule has 1 unspecified atom stereocenters. The number of nitrogens with zero attached hydrogens (tertiary/aromatic N) is 2. The number of aliphatic hydroxyl groups excluding tert-OH is 1. The largest absolute Gasteiger partial charge is 0.484 e. The van der Waals surface area contributed by atoms with Crippen molar-refractivity contribution in [3.8, 4) is 5.75 Å². The Morgan fingerprint density at radius 1 is 1.27 bits per heavy atom. The number of aliphatic hydroxyl groups is 1. The fourth-order valence-corrected chi connectivity index (χ4v) is 2.79. The lowest BCUT2D eigenvalue weighted by atomic mass is 10.1. The van der Waals surface area contributed by atoms with Crippen LogP contribution in [0.5, 0.6) is 5.75 Å². The summed E-state index contributed by atoms with van der Waals surface area (Å²) in [7, 11) is 0. The number of hydrogen-bond donors (Lipinski definition) is 1. The molecule has 1 heterocycles. The van der Waals surface area contributed by atoms with Crippen LogP contribution in [-0.2, 0) is 4.79 Å². The van der Waals surface area contributed by atoms with Crippen molar-refractivity contribution in [3.05, 3.63) is 29.8 Å². The van der Waals surface area contributed by atoms with Gasteiger partial charge in [0.25, 0.3) is 5.91 Å². The Balaban J connectivity index is 1.79. The van der Waals surface area contributed by atoms with E-state index in [1.165, 1.54) is 0 Å².